The first-order valence-electron chi connectivity index (χ1n) is 6.15. The Labute approximate surface area is 124 Å². The first-order valence-corrected chi connectivity index (χ1v) is 6.95. The summed E-state index contributed by atoms with van der Waals surface area (Å²) in [4.78, 5) is 8.46. The maximum absolute atomic E-state index is 13.6. The number of hydrogen-bond acceptors (Lipinski definition) is 3. The van der Waals surface area contributed by atoms with Crippen LogP contribution in [0.25, 0.3) is 11.4 Å². The van der Waals surface area contributed by atoms with Crippen molar-refractivity contribution in [2.75, 3.05) is 5.73 Å². The molecule has 0 bridgehead atoms. The van der Waals surface area contributed by atoms with Gasteiger partial charge in [-0.15, -0.1) is 0 Å². The van der Waals surface area contributed by atoms with Crippen molar-refractivity contribution in [3.63, 3.8) is 0 Å². The average molecular weight is 342 g/mol. The molecule has 0 spiro atoms. The van der Waals surface area contributed by atoms with Gasteiger partial charge in [0.05, 0.1) is 4.47 Å². The zero-order chi connectivity index (χ0) is 14.9. The molecule has 1 heterocycles. The van der Waals surface area contributed by atoms with E-state index in [2.05, 4.69) is 39.7 Å². The molecular formula is C14H14BrF2N3. The number of hydrogen-bond donors (Lipinski definition) is 1. The lowest BCUT2D eigenvalue weighted by Gasteiger charge is -2.09. The fourth-order valence-corrected chi connectivity index (χ4v) is 2.36. The van der Waals surface area contributed by atoms with Crippen LogP contribution in [0.2, 0.25) is 0 Å². The van der Waals surface area contributed by atoms with E-state index < -0.39 is 11.6 Å². The van der Waals surface area contributed by atoms with Crippen molar-refractivity contribution in [2.45, 2.75) is 20.3 Å². The second kappa shape index (κ2) is 5.83. The lowest BCUT2D eigenvalue weighted by Crippen LogP contribution is -2.04. The van der Waals surface area contributed by atoms with Crippen LogP contribution < -0.4 is 5.73 Å². The van der Waals surface area contributed by atoms with Gasteiger partial charge in [-0.05, 0) is 40.4 Å². The van der Waals surface area contributed by atoms with Crippen LogP contribution in [0.1, 0.15) is 19.5 Å². The molecule has 1 aromatic carbocycles. The molecule has 0 saturated heterocycles. The number of nitrogen functional groups attached to an aromatic ring is 1. The van der Waals surface area contributed by atoms with Gasteiger partial charge in [0.2, 0.25) is 0 Å². The van der Waals surface area contributed by atoms with E-state index in [1.165, 1.54) is 6.07 Å². The first kappa shape index (κ1) is 14.8. The molecule has 0 aliphatic rings. The standard InChI is InChI=1S/C14H14BrF2N3/c1-7(2)5-8-6-11(18)20-14(19-8)9-3-4-10(16)13(17)12(9)15/h3-4,6-7H,5H2,1-2H3,(H2,18,19,20). The van der Waals surface area contributed by atoms with Crippen molar-refractivity contribution in [2.24, 2.45) is 5.92 Å². The van der Waals surface area contributed by atoms with Gasteiger partial charge in [0, 0.05) is 17.3 Å². The first-order chi connectivity index (χ1) is 9.38. The van der Waals surface area contributed by atoms with Gasteiger partial charge in [-0.3, -0.25) is 0 Å². The van der Waals surface area contributed by atoms with E-state index in [-0.39, 0.29) is 10.3 Å². The third-order valence-corrected chi connectivity index (χ3v) is 3.47. The van der Waals surface area contributed by atoms with E-state index in [4.69, 9.17) is 5.73 Å². The van der Waals surface area contributed by atoms with E-state index >= 15 is 0 Å². The SMILES string of the molecule is CC(C)Cc1cc(N)nc(-c2ccc(F)c(F)c2Br)n1. The molecule has 0 radical (unpaired) electrons. The van der Waals surface area contributed by atoms with Crippen LogP contribution in [0.4, 0.5) is 14.6 Å². The summed E-state index contributed by atoms with van der Waals surface area (Å²) in [7, 11) is 0. The predicted molar refractivity (Wildman–Crippen MR) is 78.0 cm³/mol. The van der Waals surface area contributed by atoms with Gasteiger partial charge in [0.1, 0.15) is 5.82 Å². The maximum Gasteiger partial charge on any atom is 0.173 e. The largest absolute Gasteiger partial charge is 0.384 e. The Bertz CT molecular complexity index is 645. The fourth-order valence-electron chi connectivity index (χ4n) is 1.86. The molecule has 2 N–H and O–H groups in total. The van der Waals surface area contributed by atoms with Gasteiger partial charge in [0.15, 0.2) is 17.5 Å². The molecule has 0 atom stereocenters. The molecule has 20 heavy (non-hydrogen) atoms. The molecule has 0 fully saturated rings. The molecule has 3 nitrogen and oxygen atoms in total. The monoisotopic (exact) mass is 341 g/mol. The Morgan fingerprint density at radius 3 is 2.60 bits per heavy atom. The highest BCUT2D eigenvalue weighted by molar-refractivity contribution is 9.10. The Morgan fingerprint density at radius 1 is 1.25 bits per heavy atom. The Hall–Kier alpha value is -1.56. The number of rotatable bonds is 3. The highest BCUT2D eigenvalue weighted by Gasteiger charge is 2.15. The van der Waals surface area contributed by atoms with Crippen LogP contribution in [-0.2, 0) is 6.42 Å². The highest BCUT2D eigenvalue weighted by atomic mass is 79.9. The number of aromatic nitrogens is 2. The summed E-state index contributed by atoms with van der Waals surface area (Å²) in [6, 6.07) is 4.16. The van der Waals surface area contributed by atoms with Crippen LogP contribution >= 0.6 is 15.9 Å². The summed E-state index contributed by atoms with van der Waals surface area (Å²) < 4.78 is 26.7. The zero-order valence-corrected chi connectivity index (χ0v) is 12.7. The van der Waals surface area contributed by atoms with Crippen LogP contribution in [0.15, 0.2) is 22.7 Å². The number of halogens is 3. The second-order valence-electron chi connectivity index (χ2n) is 4.93. The van der Waals surface area contributed by atoms with Gasteiger partial charge < -0.3 is 5.73 Å². The van der Waals surface area contributed by atoms with Crippen LogP contribution in [0, 0.1) is 17.6 Å². The zero-order valence-electron chi connectivity index (χ0n) is 11.1. The van der Waals surface area contributed by atoms with Crippen LogP contribution in [0.3, 0.4) is 0 Å². The van der Waals surface area contributed by atoms with Gasteiger partial charge >= 0.3 is 0 Å². The smallest absolute Gasteiger partial charge is 0.173 e. The molecule has 106 valence electrons. The molecule has 0 saturated carbocycles. The topological polar surface area (TPSA) is 51.8 Å². The minimum atomic E-state index is -0.959. The summed E-state index contributed by atoms with van der Waals surface area (Å²) in [6.45, 7) is 4.12. The summed E-state index contributed by atoms with van der Waals surface area (Å²) in [5.41, 5.74) is 6.91. The second-order valence-corrected chi connectivity index (χ2v) is 5.72. The lowest BCUT2D eigenvalue weighted by molar-refractivity contribution is 0.504. The molecule has 0 aliphatic heterocycles. The summed E-state index contributed by atoms with van der Waals surface area (Å²) in [6.07, 6.45) is 0.737. The number of nitrogens with zero attached hydrogens (tertiary/aromatic N) is 2. The number of anilines is 1. The van der Waals surface area contributed by atoms with Crippen LogP contribution in [-0.4, -0.2) is 9.97 Å². The van der Waals surface area contributed by atoms with Crippen molar-refractivity contribution in [3.8, 4) is 11.4 Å². The molecule has 2 rings (SSSR count). The Kier molecular flexibility index (Phi) is 4.32. The molecule has 1 aromatic heterocycles. The predicted octanol–water partition coefficient (Wildman–Crippen LogP) is 3.97. The average Bonchev–Trinajstić information content (AvgIpc) is 2.34. The van der Waals surface area contributed by atoms with Gasteiger partial charge in [-0.2, -0.15) is 0 Å². The summed E-state index contributed by atoms with van der Waals surface area (Å²) >= 11 is 3.03. The third kappa shape index (κ3) is 3.12. The van der Waals surface area contributed by atoms with Gasteiger partial charge in [-0.1, -0.05) is 13.8 Å². The van der Waals surface area contributed by atoms with E-state index in [1.807, 2.05) is 0 Å². The quantitative estimate of drug-likeness (QED) is 0.859. The van der Waals surface area contributed by atoms with Crippen molar-refractivity contribution in [1.29, 1.82) is 0 Å². The van der Waals surface area contributed by atoms with Crippen molar-refractivity contribution in [1.82, 2.24) is 9.97 Å². The fraction of sp³-hybridized carbons (Fsp3) is 0.286. The minimum absolute atomic E-state index is 0.00130. The highest BCUT2D eigenvalue weighted by Crippen LogP contribution is 2.30. The van der Waals surface area contributed by atoms with Gasteiger partial charge in [-0.25, -0.2) is 18.7 Å². The summed E-state index contributed by atoms with van der Waals surface area (Å²) in [5, 5.41) is 0. The van der Waals surface area contributed by atoms with Crippen molar-refractivity contribution in [3.05, 3.63) is 40.0 Å². The third-order valence-electron chi connectivity index (χ3n) is 2.69. The van der Waals surface area contributed by atoms with Crippen molar-refractivity contribution < 1.29 is 8.78 Å². The molecule has 0 unspecified atom stereocenters. The minimum Gasteiger partial charge on any atom is -0.384 e. The molecule has 0 aliphatic carbocycles. The molecule has 0 amide bonds. The summed E-state index contributed by atoms with van der Waals surface area (Å²) in [5.74, 6) is -0.884. The van der Waals surface area contributed by atoms with E-state index in [9.17, 15) is 8.78 Å². The van der Waals surface area contributed by atoms with E-state index in [0.29, 0.717) is 17.3 Å². The lowest BCUT2D eigenvalue weighted by atomic mass is 10.1. The van der Waals surface area contributed by atoms with E-state index in [1.54, 1.807) is 6.07 Å². The van der Waals surface area contributed by atoms with Gasteiger partial charge in [0.25, 0.3) is 0 Å². The number of benzene rings is 1. The maximum atomic E-state index is 13.6. The van der Waals surface area contributed by atoms with E-state index in [0.717, 1.165) is 18.2 Å². The normalized spacial score (nSPS) is 11.1. The van der Waals surface area contributed by atoms with Crippen molar-refractivity contribution >= 4 is 21.7 Å². The Morgan fingerprint density at radius 2 is 1.95 bits per heavy atom. The Balaban J connectivity index is 2.53. The molecule has 2 aromatic rings. The van der Waals surface area contributed by atoms with Crippen LogP contribution in [0.5, 0.6) is 0 Å². The molecule has 6 heteroatoms. The molecular weight excluding hydrogens is 328 g/mol. The number of nitrogens with two attached hydrogens (primary N) is 1.